The highest BCUT2D eigenvalue weighted by molar-refractivity contribution is 5.31. The molecule has 4 nitrogen and oxygen atoms in total. The van der Waals surface area contributed by atoms with Crippen molar-refractivity contribution in [3.63, 3.8) is 0 Å². The summed E-state index contributed by atoms with van der Waals surface area (Å²) in [7, 11) is 1.79. The van der Waals surface area contributed by atoms with Crippen LogP contribution in [0.4, 0.5) is 0 Å². The molecule has 0 aliphatic heterocycles. The molecule has 2 saturated carbocycles. The van der Waals surface area contributed by atoms with Crippen molar-refractivity contribution in [2.24, 2.45) is 5.84 Å². The van der Waals surface area contributed by atoms with Crippen LogP contribution >= 0.6 is 0 Å². The van der Waals surface area contributed by atoms with E-state index in [0.717, 1.165) is 18.6 Å². The highest BCUT2D eigenvalue weighted by Gasteiger charge is 2.42. The molecule has 1 aromatic rings. The van der Waals surface area contributed by atoms with Gasteiger partial charge in [-0.2, -0.15) is 0 Å². The molecular formula is C16H24N2O2. The van der Waals surface area contributed by atoms with E-state index in [1.807, 2.05) is 12.1 Å². The fourth-order valence-corrected chi connectivity index (χ4v) is 3.25. The Labute approximate surface area is 120 Å². The number of nitrogens with two attached hydrogens (primary N) is 1. The fraction of sp³-hybridized carbons (Fsp3) is 0.625. The van der Waals surface area contributed by atoms with Crippen molar-refractivity contribution in [3.8, 4) is 5.75 Å². The van der Waals surface area contributed by atoms with Crippen molar-refractivity contribution in [3.05, 3.63) is 29.8 Å². The van der Waals surface area contributed by atoms with E-state index in [1.54, 1.807) is 7.11 Å². The molecule has 3 rings (SSSR count). The zero-order valence-electron chi connectivity index (χ0n) is 12.1. The van der Waals surface area contributed by atoms with E-state index in [2.05, 4.69) is 17.6 Å². The summed E-state index contributed by atoms with van der Waals surface area (Å²) in [5, 5.41) is 0. The predicted molar refractivity (Wildman–Crippen MR) is 78.4 cm³/mol. The Morgan fingerprint density at radius 1 is 1.20 bits per heavy atom. The Kier molecular flexibility index (Phi) is 3.96. The van der Waals surface area contributed by atoms with Gasteiger partial charge in [-0.25, -0.2) is 0 Å². The maximum absolute atomic E-state index is 5.84. The van der Waals surface area contributed by atoms with Gasteiger partial charge in [0.2, 0.25) is 0 Å². The second-order valence-corrected chi connectivity index (χ2v) is 5.96. The molecule has 1 aromatic carbocycles. The molecule has 0 saturated heterocycles. The summed E-state index contributed by atoms with van der Waals surface area (Å²) in [5.41, 5.74) is 3.95. The van der Waals surface area contributed by atoms with Crippen LogP contribution in [0.3, 0.4) is 0 Å². The average molecular weight is 276 g/mol. The number of ether oxygens (including phenoxy) is 2. The highest BCUT2D eigenvalue weighted by Crippen LogP contribution is 2.42. The van der Waals surface area contributed by atoms with Gasteiger partial charge in [-0.1, -0.05) is 25.0 Å². The Morgan fingerprint density at radius 2 is 1.85 bits per heavy atom. The first-order valence-corrected chi connectivity index (χ1v) is 7.55. The molecule has 110 valence electrons. The second kappa shape index (κ2) is 5.72. The molecule has 20 heavy (non-hydrogen) atoms. The largest absolute Gasteiger partial charge is 0.490 e. The van der Waals surface area contributed by atoms with Crippen LogP contribution in [0.1, 0.15) is 50.1 Å². The van der Waals surface area contributed by atoms with E-state index in [0.29, 0.717) is 6.10 Å². The first-order valence-electron chi connectivity index (χ1n) is 7.55. The summed E-state index contributed by atoms with van der Waals surface area (Å²) in [6, 6.07) is 8.31. The Bertz CT molecular complexity index is 436. The lowest BCUT2D eigenvalue weighted by Gasteiger charge is -2.36. The Balaban J connectivity index is 1.77. The third kappa shape index (κ3) is 2.68. The lowest BCUT2D eigenvalue weighted by atomic mass is 9.87. The van der Waals surface area contributed by atoms with Crippen molar-refractivity contribution >= 4 is 0 Å². The van der Waals surface area contributed by atoms with Gasteiger partial charge in [-0.05, 0) is 43.4 Å². The van der Waals surface area contributed by atoms with E-state index in [1.165, 1.54) is 31.2 Å². The summed E-state index contributed by atoms with van der Waals surface area (Å²) < 4.78 is 11.6. The van der Waals surface area contributed by atoms with Gasteiger partial charge in [0, 0.05) is 7.11 Å². The monoisotopic (exact) mass is 276 g/mol. The van der Waals surface area contributed by atoms with E-state index in [4.69, 9.17) is 15.3 Å². The lowest BCUT2D eigenvalue weighted by Crippen LogP contribution is -2.46. The van der Waals surface area contributed by atoms with E-state index in [9.17, 15) is 0 Å². The predicted octanol–water partition coefficient (Wildman–Crippen LogP) is 2.69. The van der Waals surface area contributed by atoms with Gasteiger partial charge in [0.05, 0.1) is 17.7 Å². The van der Waals surface area contributed by atoms with Gasteiger partial charge in [-0.3, -0.25) is 11.3 Å². The van der Waals surface area contributed by atoms with Gasteiger partial charge in [0.1, 0.15) is 5.75 Å². The molecule has 2 aliphatic carbocycles. The molecule has 0 radical (unpaired) electrons. The summed E-state index contributed by atoms with van der Waals surface area (Å²) in [4.78, 5) is 0. The van der Waals surface area contributed by atoms with Crippen molar-refractivity contribution in [2.75, 3.05) is 7.11 Å². The van der Waals surface area contributed by atoms with Gasteiger partial charge >= 0.3 is 0 Å². The zero-order chi connectivity index (χ0) is 14.0. The van der Waals surface area contributed by atoms with Crippen molar-refractivity contribution in [1.29, 1.82) is 0 Å². The van der Waals surface area contributed by atoms with Gasteiger partial charge < -0.3 is 9.47 Å². The molecule has 1 unspecified atom stereocenters. The molecule has 0 aromatic heterocycles. The first-order chi connectivity index (χ1) is 9.77. The minimum atomic E-state index is -0.173. The fourth-order valence-electron chi connectivity index (χ4n) is 3.25. The van der Waals surface area contributed by atoms with E-state index >= 15 is 0 Å². The summed E-state index contributed by atoms with van der Waals surface area (Å²) >= 11 is 0. The molecule has 2 fully saturated rings. The van der Waals surface area contributed by atoms with Gasteiger partial charge in [-0.15, -0.1) is 0 Å². The van der Waals surface area contributed by atoms with Crippen LogP contribution in [0.15, 0.2) is 24.3 Å². The average Bonchev–Trinajstić information content (AvgIpc) is 3.16. The number of hydrogen-bond donors (Lipinski definition) is 2. The standard InChI is InChI=1S/C16H24N2O2/c1-19-16(10-2-3-11-16)15(18-17)12-4-6-13(7-5-12)20-14-8-9-14/h4-7,14-15,18H,2-3,8-11,17H2,1H3. The van der Waals surface area contributed by atoms with Crippen molar-refractivity contribution < 1.29 is 9.47 Å². The van der Waals surface area contributed by atoms with Crippen LogP contribution in [0.5, 0.6) is 5.75 Å². The van der Waals surface area contributed by atoms with Crippen LogP contribution in [0.2, 0.25) is 0 Å². The summed E-state index contributed by atoms with van der Waals surface area (Å²) in [5.74, 6) is 6.76. The Morgan fingerprint density at radius 3 is 2.35 bits per heavy atom. The Hall–Kier alpha value is -1.10. The van der Waals surface area contributed by atoms with Gasteiger partial charge in [0.25, 0.3) is 0 Å². The quantitative estimate of drug-likeness (QED) is 0.619. The van der Waals surface area contributed by atoms with E-state index in [-0.39, 0.29) is 11.6 Å². The molecular weight excluding hydrogens is 252 g/mol. The maximum atomic E-state index is 5.84. The third-order valence-corrected chi connectivity index (χ3v) is 4.59. The summed E-state index contributed by atoms with van der Waals surface area (Å²) in [6.07, 6.45) is 7.31. The molecule has 4 heteroatoms. The smallest absolute Gasteiger partial charge is 0.119 e. The normalized spacial score (nSPS) is 22.7. The minimum absolute atomic E-state index is 0.0324. The van der Waals surface area contributed by atoms with Crippen LogP contribution < -0.4 is 16.0 Å². The molecule has 0 amide bonds. The number of nitrogens with one attached hydrogen (secondary N) is 1. The SMILES string of the molecule is COC1(C(NN)c2ccc(OC3CC3)cc2)CCCC1. The highest BCUT2D eigenvalue weighted by atomic mass is 16.5. The van der Waals surface area contributed by atoms with Crippen LogP contribution in [0.25, 0.3) is 0 Å². The van der Waals surface area contributed by atoms with Crippen molar-refractivity contribution in [2.45, 2.75) is 56.3 Å². The number of benzene rings is 1. The van der Waals surface area contributed by atoms with Crippen LogP contribution in [-0.2, 0) is 4.74 Å². The van der Waals surface area contributed by atoms with Crippen LogP contribution in [-0.4, -0.2) is 18.8 Å². The van der Waals surface area contributed by atoms with Gasteiger partial charge in [0.15, 0.2) is 0 Å². The topological polar surface area (TPSA) is 56.5 Å². The number of rotatable bonds is 6. The van der Waals surface area contributed by atoms with E-state index < -0.39 is 0 Å². The molecule has 0 heterocycles. The lowest BCUT2D eigenvalue weighted by molar-refractivity contribution is -0.0368. The van der Waals surface area contributed by atoms with Crippen molar-refractivity contribution in [1.82, 2.24) is 5.43 Å². The molecule has 3 N–H and O–H groups in total. The number of hydrogen-bond acceptors (Lipinski definition) is 4. The second-order valence-electron chi connectivity index (χ2n) is 5.96. The summed E-state index contributed by atoms with van der Waals surface area (Å²) in [6.45, 7) is 0. The number of methoxy groups -OCH3 is 1. The zero-order valence-corrected chi connectivity index (χ0v) is 12.1. The van der Waals surface area contributed by atoms with Crippen LogP contribution in [0, 0.1) is 0 Å². The molecule has 2 aliphatic rings. The molecule has 0 bridgehead atoms. The maximum Gasteiger partial charge on any atom is 0.119 e. The molecule has 0 spiro atoms. The third-order valence-electron chi connectivity index (χ3n) is 4.59. The first kappa shape index (κ1) is 13.9. The minimum Gasteiger partial charge on any atom is -0.490 e. The number of hydrazine groups is 1. The molecule has 1 atom stereocenters.